The maximum atomic E-state index is 13.6. The highest BCUT2D eigenvalue weighted by Gasteiger charge is 2.17. The van der Waals surface area contributed by atoms with Gasteiger partial charge in [0.2, 0.25) is 0 Å². The van der Waals surface area contributed by atoms with Crippen molar-refractivity contribution in [2.24, 2.45) is 0 Å². The number of hydrogen-bond acceptors (Lipinski definition) is 3. The summed E-state index contributed by atoms with van der Waals surface area (Å²) in [7, 11) is 0. The van der Waals surface area contributed by atoms with Crippen molar-refractivity contribution in [1.29, 1.82) is 0 Å². The molecule has 0 bridgehead atoms. The summed E-state index contributed by atoms with van der Waals surface area (Å²) in [4.78, 5) is 11.8. The Hall–Kier alpha value is -1.62. The monoisotopic (exact) mass is 338 g/mol. The largest absolute Gasteiger partial charge is 0.444 e. The zero-order valence-electron chi connectivity index (χ0n) is 15.5. The molecule has 1 aromatic carbocycles. The summed E-state index contributed by atoms with van der Waals surface area (Å²) in [6, 6.07) is 5.39. The summed E-state index contributed by atoms with van der Waals surface area (Å²) in [5.74, 6) is -0.189. The van der Waals surface area contributed by atoms with Crippen LogP contribution in [0, 0.1) is 12.7 Å². The number of nitrogens with one attached hydrogen (secondary N) is 2. The van der Waals surface area contributed by atoms with Gasteiger partial charge >= 0.3 is 6.09 Å². The van der Waals surface area contributed by atoms with Gasteiger partial charge in [0, 0.05) is 19.1 Å². The van der Waals surface area contributed by atoms with Crippen molar-refractivity contribution in [3.05, 3.63) is 35.1 Å². The highest BCUT2D eigenvalue weighted by Crippen LogP contribution is 2.10. The lowest BCUT2D eigenvalue weighted by molar-refractivity contribution is 0.0521. The van der Waals surface area contributed by atoms with E-state index in [-0.39, 0.29) is 11.9 Å². The first kappa shape index (κ1) is 20.4. The first-order valence-electron chi connectivity index (χ1n) is 8.66. The van der Waals surface area contributed by atoms with Gasteiger partial charge in [-0.2, -0.15) is 0 Å². The van der Waals surface area contributed by atoms with Gasteiger partial charge in [0.1, 0.15) is 11.4 Å². The van der Waals surface area contributed by atoms with Gasteiger partial charge in [-0.3, -0.25) is 0 Å². The van der Waals surface area contributed by atoms with Gasteiger partial charge in [-0.15, -0.1) is 0 Å². The molecule has 2 N–H and O–H groups in total. The second-order valence-electron chi connectivity index (χ2n) is 7.19. The van der Waals surface area contributed by atoms with Crippen LogP contribution in [0.4, 0.5) is 9.18 Å². The zero-order valence-corrected chi connectivity index (χ0v) is 15.5. The van der Waals surface area contributed by atoms with Crippen molar-refractivity contribution >= 4 is 6.09 Å². The van der Waals surface area contributed by atoms with Gasteiger partial charge in [0.05, 0.1) is 0 Å². The van der Waals surface area contributed by atoms with Crippen LogP contribution in [0.3, 0.4) is 0 Å². The standard InChI is InChI=1S/C19H31FN2O2/c1-6-7-8-16(13-22-18(23)24-19(3,4)5)21-12-15-10-9-14(2)17(20)11-15/h9-11,16,21H,6-8,12-13H2,1-5H3,(H,22,23). The second kappa shape index (κ2) is 9.62. The van der Waals surface area contributed by atoms with Crippen molar-refractivity contribution in [1.82, 2.24) is 10.6 Å². The van der Waals surface area contributed by atoms with Gasteiger partial charge in [-0.25, -0.2) is 9.18 Å². The Bertz CT molecular complexity index is 527. The molecule has 0 heterocycles. The van der Waals surface area contributed by atoms with Crippen LogP contribution in [0.15, 0.2) is 18.2 Å². The Morgan fingerprint density at radius 1 is 1.33 bits per heavy atom. The smallest absolute Gasteiger partial charge is 0.407 e. The molecule has 0 spiro atoms. The van der Waals surface area contributed by atoms with Crippen molar-refractivity contribution < 1.29 is 13.9 Å². The maximum absolute atomic E-state index is 13.6. The second-order valence-corrected chi connectivity index (χ2v) is 7.19. The van der Waals surface area contributed by atoms with E-state index in [0.717, 1.165) is 24.8 Å². The van der Waals surface area contributed by atoms with Crippen molar-refractivity contribution in [3.8, 4) is 0 Å². The van der Waals surface area contributed by atoms with E-state index in [9.17, 15) is 9.18 Å². The summed E-state index contributed by atoms with van der Waals surface area (Å²) in [5.41, 5.74) is 1.04. The molecule has 1 rings (SSSR count). The lowest BCUT2D eigenvalue weighted by atomic mass is 10.1. The zero-order chi connectivity index (χ0) is 18.2. The Morgan fingerprint density at radius 2 is 2.04 bits per heavy atom. The molecule has 0 fully saturated rings. The summed E-state index contributed by atoms with van der Waals surface area (Å²) in [5, 5.41) is 6.21. The number of rotatable bonds is 8. The number of unbranched alkanes of at least 4 members (excludes halogenated alkanes) is 1. The van der Waals surface area contributed by atoms with Crippen LogP contribution in [0.2, 0.25) is 0 Å². The third-order valence-corrected chi connectivity index (χ3v) is 3.63. The maximum Gasteiger partial charge on any atom is 0.407 e. The Balaban J connectivity index is 2.52. The minimum absolute atomic E-state index is 0.127. The van der Waals surface area contributed by atoms with Crippen LogP contribution in [-0.2, 0) is 11.3 Å². The van der Waals surface area contributed by atoms with E-state index in [1.54, 1.807) is 19.1 Å². The number of halogens is 1. The molecule has 0 aliphatic carbocycles. The third-order valence-electron chi connectivity index (χ3n) is 3.63. The molecule has 0 aliphatic rings. The molecule has 1 unspecified atom stereocenters. The molecule has 5 heteroatoms. The molecular formula is C19H31FN2O2. The van der Waals surface area contributed by atoms with Gasteiger partial charge in [-0.05, 0) is 51.3 Å². The summed E-state index contributed by atoms with van der Waals surface area (Å²) in [6.07, 6.45) is 2.69. The van der Waals surface area contributed by atoms with E-state index < -0.39 is 11.7 Å². The van der Waals surface area contributed by atoms with E-state index >= 15 is 0 Å². The van der Waals surface area contributed by atoms with Gasteiger partial charge in [0.25, 0.3) is 0 Å². The average molecular weight is 338 g/mol. The normalized spacial score (nSPS) is 12.8. The summed E-state index contributed by atoms with van der Waals surface area (Å²) >= 11 is 0. The Kier molecular flexibility index (Phi) is 8.19. The van der Waals surface area contributed by atoms with Crippen molar-refractivity contribution in [2.75, 3.05) is 6.54 Å². The lowest BCUT2D eigenvalue weighted by Crippen LogP contribution is -2.42. The molecule has 4 nitrogen and oxygen atoms in total. The van der Waals surface area contributed by atoms with Crippen LogP contribution in [0.5, 0.6) is 0 Å². The predicted octanol–water partition coefficient (Wildman–Crippen LogP) is 4.31. The lowest BCUT2D eigenvalue weighted by Gasteiger charge is -2.23. The van der Waals surface area contributed by atoms with Crippen LogP contribution in [0.1, 0.15) is 58.1 Å². The Labute approximate surface area is 145 Å². The van der Waals surface area contributed by atoms with E-state index in [4.69, 9.17) is 4.74 Å². The molecule has 1 atom stereocenters. The first-order chi connectivity index (χ1) is 11.2. The molecular weight excluding hydrogens is 307 g/mol. The molecule has 0 saturated heterocycles. The van der Waals surface area contributed by atoms with Crippen LogP contribution >= 0.6 is 0 Å². The molecule has 0 aromatic heterocycles. The van der Waals surface area contributed by atoms with Crippen LogP contribution in [-0.4, -0.2) is 24.3 Å². The van der Waals surface area contributed by atoms with Gasteiger partial charge < -0.3 is 15.4 Å². The van der Waals surface area contributed by atoms with E-state index in [1.807, 2.05) is 26.8 Å². The molecule has 0 radical (unpaired) electrons. The average Bonchev–Trinajstić information content (AvgIpc) is 2.48. The molecule has 136 valence electrons. The molecule has 24 heavy (non-hydrogen) atoms. The highest BCUT2D eigenvalue weighted by molar-refractivity contribution is 5.67. The number of alkyl carbamates (subject to hydrolysis) is 1. The van der Waals surface area contributed by atoms with E-state index in [1.165, 1.54) is 0 Å². The number of benzene rings is 1. The predicted molar refractivity (Wildman–Crippen MR) is 95.5 cm³/mol. The quantitative estimate of drug-likeness (QED) is 0.743. The Morgan fingerprint density at radius 3 is 2.62 bits per heavy atom. The fourth-order valence-electron chi connectivity index (χ4n) is 2.26. The number of amides is 1. The number of carbonyl (C=O) groups excluding carboxylic acids is 1. The summed E-state index contributed by atoms with van der Waals surface area (Å²) in [6.45, 7) is 10.5. The van der Waals surface area contributed by atoms with Crippen LogP contribution in [0.25, 0.3) is 0 Å². The molecule has 1 amide bonds. The molecule has 0 saturated carbocycles. The van der Waals surface area contributed by atoms with Gasteiger partial charge in [-0.1, -0.05) is 31.9 Å². The summed E-state index contributed by atoms with van der Waals surface area (Å²) < 4.78 is 18.9. The topological polar surface area (TPSA) is 50.4 Å². The fourth-order valence-corrected chi connectivity index (χ4v) is 2.26. The minimum atomic E-state index is -0.504. The number of hydrogen-bond donors (Lipinski definition) is 2. The van der Waals surface area contributed by atoms with Crippen LogP contribution < -0.4 is 10.6 Å². The number of aryl methyl sites for hydroxylation is 1. The first-order valence-corrected chi connectivity index (χ1v) is 8.66. The number of carbonyl (C=O) groups is 1. The molecule has 0 aliphatic heterocycles. The SMILES string of the molecule is CCCCC(CNC(=O)OC(C)(C)C)NCc1ccc(C)c(F)c1. The fraction of sp³-hybridized carbons (Fsp3) is 0.632. The highest BCUT2D eigenvalue weighted by atomic mass is 19.1. The van der Waals surface area contributed by atoms with E-state index in [0.29, 0.717) is 18.7 Å². The molecule has 1 aromatic rings. The van der Waals surface area contributed by atoms with Crippen molar-refractivity contribution in [3.63, 3.8) is 0 Å². The van der Waals surface area contributed by atoms with E-state index in [2.05, 4.69) is 17.6 Å². The third kappa shape index (κ3) is 8.29. The van der Waals surface area contributed by atoms with Crippen molar-refractivity contribution in [2.45, 2.75) is 72.1 Å². The van der Waals surface area contributed by atoms with Gasteiger partial charge in [0.15, 0.2) is 0 Å². The number of ether oxygens (including phenoxy) is 1. The minimum Gasteiger partial charge on any atom is -0.444 e.